The number of methoxy groups -OCH3 is 1. The first kappa shape index (κ1) is 9.66. The topological polar surface area (TPSA) is 110 Å². The van der Waals surface area contributed by atoms with Gasteiger partial charge in [0.2, 0.25) is 5.95 Å². The highest BCUT2D eigenvalue weighted by atomic mass is 16.5. The molecule has 0 bridgehead atoms. The first-order valence-electron chi connectivity index (χ1n) is 4.40. The molecule has 7 nitrogen and oxygen atoms in total. The fraction of sp³-hybridized carbons (Fsp3) is 0.375. The fourth-order valence-corrected chi connectivity index (χ4v) is 1.25. The van der Waals surface area contributed by atoms with Crippen molar-refractivity contribution in [1.29, 1.82) is 0 Å². The van der Waals surface area contributed by atoms with Crippen LogP contribution in [-0.2, 0) is 4.74 Å². The van der Waals surface area contributed by atoms with Crippen molar-refractivity contribution in [2.24, 2.45) is 0 Å². The summed E-state index contributed by atoms with van der Waals surface area (Å²) in [6.45, 7) is 1.81. The smallest absolute Gasteiger partial charge is 0.278 e. The summed E-state index contributed by atoms with van der Waals surface area (Å²) in [5.74, 6) is 0.603. The van der Waals surface area contributed by atoms with E-state index < -0.39 is 0 Å². The van der Waals surface area contributed by atoms with Gasteiger partial charge in [0, 0.05) is 7.11 Å². The van der Waals surface area contributed by atoms with E-state index >= 15 is 0 Å². The lowest BCUT2D eigenvalue weighted by Gasteiger charge is -2.03. The molecule has 0 saturated carbocycles. The zero-order chi connectivity index (χ0) is 11.0. The molecule has 0 spiro atoms. The summed E-state index contributed by atoms with van der Waals surface area (Å²) in [4.78, 5) is 24.7. The zero-order valence-electron chi connectivity index (χ0n) is 8.37. The molecule has 80 valence electrons. The van der Waals surface area contributed by atoms with Crippen LogP contribution in [0.3, 0.4) is 0 Å². The van der Waals surface area contributed by atoms with Gasteiger partial charge in [0.15, 0.2) is 11.2 Å². The lowest BCUT2D eigenvalue weighted by atomic mass is 10.4. The predicted molar refractivity (Wildman–Crippen MR) is 54.3 cm³/mol. The van der Waals surface area contributed by atoms with Gasteiger partial charge in [0.05, 0.1) is 0 Å². The Morgan fingerprint density at radius 2 is 2.13 bits per heavy atom. The molecule has 15 heavy (non-hydrogen) atoms. The maximum atomic E-state index is 11.4. The molecule has 0 aromatic carbocycles. The van der Waals surface area contributed by atoms with Crippen molar-refractivity contribution in [1.82, 2.24) is 19.9 Å². The van der Waals surface area contributed by atoms with E-state index in [0.717, 1.165) is 0 Å². The Hall–Kier alpha value is -1.89. The molecule has 2 aromatic rings. The highest BCUT2D eigenvalue weighted by Gasteiger charge is 2.12. The van der Waals surface area contributed by atoms with E-state index in [-0.39, 0.29) is 17.6 Å². The number of nitrogen functional groups attached to an aromatic ring is 1. The standard InChI is InChI=1S/C8H11N5O2/c1-3(15-2)5-10-4-6(11-5)12-8(9)13-7(4)14/h3H,1-2H3,(H4,9,10,11,12,13,14). The van der Waals surface area contributed by atoms with Crippen LogP contribution in [0.4, 0.5) is 5.95 Å². The van der Waals surface area contributed by atoms with Crippen molar-refractivity contribution in [3.05, 3.63) is 16.2 Å². The Morgan fingerprint density at radius 3 is 2.80 bits per heavy atom. The Labute approximate surface area is 84.7 Å². The van der Waals surface area contributed by atoms with E-state index in [1.54, 1.807) is 7.11 Å². The number of nitrogens with two attached hydrogens (primary N) is 1. The number of nitrogens with zero attached hydrogens (tertiary/aromatic N) is 2. The van der Waals surface area contributed by atoms with E-state index in [2.05, 4.69) is 19.9 Å². The largest absolute Gasteiger partial charge is 0.374 e. The number of anilines is 1. The maximum absolute atomic E-state index is 11.4. The Balaban J connectivity index is 2.65. The molecule has 2 aromatic heterocycles. The van der Waals surface area contributed by atoms with Crippen molar-refractivity contribution in [2.75, 3.05) is 12.8 Å². The van der Waals surface area contributed by atoms with Gasteiger partial charge in [0.25, 0.3) is 5.56 Å². The molecule has 4 N–H and O–H groups in total. The van der Waals surface area contributed by atoms with Crippen molar-refractivity contribution < 1.29 is 4.74 Å². The minimum atomic E-state index is -0.334. The second-order valence-corrected chi connectivity index (χ2v) is 3.15. The lowest BCUT2D eigenvalue weighted by molar-refractivity contribution is 0.113. The van der Waals surface area contributed by atoms with E-state index in [0.29, 0.717) is 17.0 Å². The second kappa shape index (κ2) is 3.35. The lowest BCUT2D eigenvalue weighted by Crippen LogP contribution is -2.10. The van der Waals surface area contributed by atoms with Crippen LogP contribution in [0.2, 0.25) is 0 Å². The number of hydrogen-bond donors (Lipinski definition) is 3. The Morgan fingerprint density at radius 1 is 1.40 bits per heavy atom. The van der Waals surface area contributed by atoms with Gasteiger partial charge in [-0.1, -0.05) is 0 Å². The van der Waals surface area contributed by atoms with Crippen LogP contribution < -0.4 is 11.3 Å². The minimum absolute atomic E-state index is 0.0515. The molecule has 0 fully saturated rings. The Kier molecular flexibility index (Phi) is 2.16. The quantitative estimate of drug-likeness (QED) is 0.641. The number of fused-ring (bicyclic) bond motifs is 1. The zero-order valence-corrected chi connectivity index (χ0v) is 8.37. The van der Waals surface area contributed by atoms with E-state index in [4.69, 9.17) is 10.5 Å². The number of ether oxygens (including phenoxy) is 1. The van der Waals surface area contributed by atoms with Gasteiger partial charge in [-0.25, -0.2) is 4.98 Å². The van der Waals surface area contributed by atoms with Crippen molar-refractivity contribution in [3.63, 3.8) is 0 Å². The van der Waals surface area contributed by atoms with Gasteiger partial charge in [-0.05, 0) is 6.92 Å². The average Bonchev–Trinajstić information content (AvgIpc) is 2.60. The minimum Gasteiger partial charge on any atom is -0.374 e. The van der Waals surface area contributed by atoms with Gasteiger partial charge in [-0.3, -0.25) is 9.78 Å². The number of hydrogen-bond acceptors (Lipinski definition) is 5. The summed E-state index contributed by atoms with van der Waals surface area (Å²) < 4.78 is 5.07. The van der Waals surface area contributed by atoms with Crippen LogP contribution in [0.15, 0.2) is 4.79 Å². The Bertz CT molecular complexity index is 543. The summed E-state index contributed by atoms with van der Waals surface area (Å²) in [5.41, 5.74) is 5.67. The summed E-state index contributed by atoms with van der Waals surface area (Å²) in [6.07, 6.45) is -0.222. The van der Waals surface area contributed by atoms with Crippen LogP contribution >= 0.6 is 0 Å². The SMILES string of the molecule is COC(C)c1nc2nc(N)[nH]c(=O)c2[nH]1. The van der Waals surface area contributed by atoms with E-state index in [1.807, 2.05) is 6.92 Å². The van der Waals surface area contributed by atoms with Crippen molar-refractivity contribution in [3.8, 4) is 0 Å². The third-order valence-electron chi connectivity index (χ3n) is 2.14. The number of aromatic amines is 2. The van der Waals surface area contributed by atoms with Crippen molar-refractivity contribution >= 4 is 17.1 Å². The molecule has 1 atom stereocenters. The predicted octanol–water partition coefficient (Wildman–Crippen LogP) is -0.0642. The molecule has 0 amide bonds. The second-order valence-electron chi connectivity index (χ2n) is 3.15. The molecule has 0 aliphatic heterocycles. The molecule has 0 aliphatic rings. The molecule has 2 heterocycles. The number of rotatable bonds is 2. The summed E-state index contributed by atoms with van der Waals surface area (Å²) in [7, 11) is 1.56. The molecular formula is C8H11N5O2. The molecule has 0 radical (unpaired) electrons. The molecule has 2 rings (SSSR count). The van der Waals surface area contributed by atoms with Crippen LogP contribution in [0, 0.1) is 0 Å². The normalized spacial score (nSPS) is 13.2. The summed E-state index contributed by atoms with van der Waals surface area (Å²) in [6, 6.07) is 0. The van der Waals surface area contributed by atoms with Crippen molar-refractivity contribution in [2.45, 2.75) is 13.0 Å². The highest BCUT2D eigenvalue weighted by molar-refractivity contribution is 5.70. The maximum Gasteiger partial charge on any atom is 0.278 e. The summed E-state index contributed by atoms with van der Waals surface area (Å²) in [5, 5.41) is 0. The van der Waals surface area contributed by atoms with Crippen LogP contribution in [0.25, 0.3) is 11.2 Å². The number of nitrogens with one attached hydrogen (secondary N) is 2. The van der Waals surface area contributed by atoms with Crippen LogP contribution in [0.1, 0.15) is 18.9 Å². The van der Waals surface area contributed by atoms with Gasteiger partial charge in [0.1, 0.15) is 11.9 Å². The molecular weight excluding hydrogens is 198 g/mol. The fourth-order valence-electron chi connectivity index (χ4n) is 1.25. The van der Waals surface area contributed by atoms with Gasteiger partial charge >= 0.3 is 0 Å². The number of imidazole rings is 1. The van der Waals surface area contributed by atoms with Gasteiger partial charge in [-0.15, -0.1) is 0 Å². The number of H-pyrrole nitrogens is 2. The molecule has 1 unspecified atom stereocenters. The van der Waals surface area contributed by atoms with Gasteiger partial charge in [-0.2, -0.15) is 4.98 Å². The van der Waals surface area contributed by atoms with Gasteiger partial charge < -0.3 is 15.5 Å². The third kappa shape index (κ3) is 1.57. The molecule has 0 saturated heterocycles. The summed E-state index contributed by atoms with van der Waals surface area (Å²) >= 11 is 0. The van der Waals surface area contributed by atoms with E-state index in [1.165, 1.54) is 0 Å². The monoisotopic (exact) mass is 209 g/mol. The first-order valence-corrected chi connectivity index (χ1v) is 4.40. The number of aromatic nitrogens is 4. The first-order chi connectivity index (χ1) is 7.11. The third-order valence-corrected chi connectivity index (χ3v) is 2.14. The average molecular weight is 209 g/mol. The molecule has 0 aliphatic carbocycles. The van der Waals surface area contributed by atoms with Crippen LogP contribution in [0.5, 0.6) is 0 Å². The highest BCUT2D eigenvalue weighted by Crippen LogP contribution is 2.14. The van der Waals surface area contributed by atoms with E-state index in [9.17, 15) is 4.79 Å². The van der Waals surface area contributed by atoms with Crippen LogP contribution in [-0.4, -0.2) is 27.0 Å². The molecule has 7 heteroatoms.